The van der Waals surface area contributed by atoms with Crippen molar-refractivity contribution >= 4 is 6.21 Å². The molecule has 0 spiro atoms. The third-order valence-electron chi connectivity index (χ3n) is 2.65. The molecule has 88 valence electrons. The van der Waals surface area contributed by atoms with E-state index < -0.39 is 0 Å². The van der Waals surface area contributed by atoms with E-state index in [0.717, 1.165) is 6.42 Å². The molecule has 1 N–H and O–H groups in total. The van der Waals surface area contributed by atoms with Crippen LogP contribution in [0.3, 0.4) is 0 Å². The molecule has 0 aromatic carbocycles. The van der Waals surface area contributed by atoms with Gasteiger partial charge in [0.1, 0.15) is 0 Å². The summed E-state index contributed by atoms with van der Waals surface area (Å²) in [5, 5.41) is 7.40. The molecule has 0 saturated heterocycles. The van der Waals surface area contributed by atoms with E-state index in [9.17, 15) is 0 Å². The lowest BCUT2D eigenvalue weighted by molar-refractivity contribution is 0.404. The van der Waals surface area contributed by atoms with Crippen LogP contribution in [0.25, 0.3) is 0 Å². The van der Waals surface area contributed by atoms with E-state index in [0.29, 0.717) is 11.3 Å². The van der Waals surface area contributed by atoms with E-state index in [-0.39, 0.29) is 5.92 Å². The maximum atomic E-state index is 7.40. The molecule has 0 amide bonds. The third kappa shape index (κ3) is 5.15. The van der Waals surface area contributed by atoms with E-state index in [1.165, 1.54) is 11.1 Å². The van der Waals surface area contributed by atoms with Crippen molar-refractivity contribution < 1.29 is 0 Å². The third-order valence-corrected chi connectivity index (χ3v) is 2.65. The van der Waals surface area contributed by atoms with Crippen molar-refractivity contribution in [3.05, 3.63) is 11.1 Å². The first-order chi connectivity index (χ1) is 6.69. The number of hydrogen-bond donors (Lipinski definition) is 1. The van der Waals surface area contributed by atoms with Gasteiger partial charge in [0.15, 0.2) is 0 Å². The molecule has 1 heteroatoms. The van der Waals surface area contributed by atoms with Gasteiger partial charge in [0.25, 0.3) is 0 Å². The molecule has 0 aromatic heterocycles. The zero-order valence-electron chi connectivity index (χ0n) is 11.4. The molecule has 1 nitrogen and oxygen atoms in total. The monoisotopic (exact) mass is 209 g/mol. The molecule has 0 heterocycles. The van der Waals surface area contributed by atoms with Gasteiger partial charge in [-0.2, -0.15) is 0 Å². The van der Waals surface area contributed by atoms with Gasteiger partial charge in [-0.05, 0) is 24.7 Å². The van der Waals surface area contributed by atoms with Crippen molar-refractivity contribution in [1.82, 2.24) is 0 Å². The zero-order chi connectivity index (χ0) is 12.2. The molecule has 0 saturated carbocycles. The Labute approximate surface area is 95.5 Å². The topological polar surface area (TPSA) is 23.9 Å². The molecule has 0 rings (SSSR count). The molecule has 0 aliphatic rings. The molecule has 15 heavy (non-hydrogen) atoms. The largest absolute Gasteiger partial charge is 0.312 e. The van der Waals surface area contributed by atoms with E-state index in [2.05, 4.69) is 48.5 Å². The van der Waals surface area contributed by atoms with E-state index in [4.69, 9.17) is 5.41 Å². The second-order valence-electron chi connectivity index (χ2n) is 6.08. The van der Waals surface area contributed by atoms with Crippen molar-refractivity contribution in [3.63, 3.8) is 0 Å². The van der Waals surface area contributed by atoms with Gasteiger partial charge in [-0.25, -0.2) is 0 Å². The summed E-state index contributed by atoms with van der Waals surface area (Å²) in [6, 6.07) is 0. The van der Waals surface area contributed by atoms with Crippen LogP contribution >= 0.6 is 0 Å². The Morgan fingerprint density at radius 2 is 1.67 bits per heavy atom. The Kier molecular flexibility index (Phi) is 5.27. The SMILES string of the molecule is C/C(CC(C)(C)C)=C(\C(C)C)[C@@H](C)C=N. The van der Waals surface area contributed by atoms with E-state index >= 15 is 0 Å². The number of allylic oxidation sites excluding steroid dienone is 2. The lowest BCUT2D eigenvalue weighted by atomic mass is 9.81. The van der Waals surface area contributed by atoms with Crippen LogP contribution in [-0.4, -0.2) is 6.21 Å². The van der Waals surface area contributed by atoms with Crippen LogP contribution in [0.4, 0.5) is 0 Å². The predicted molar refractivity (Wildman–Crippen MR) is 69.6 cm³/mol. The fourth-order valence-corrected chi connectivity index (χ4v) is 2.39. The Morgan fingerprint density at radius 1 is 1.20 bits per heavy atom. The van der Waals surface area contributed by atoms with Crippen LogP contribution in [0.15, 0.2) is 11.1 Å². The first-order valence-corrected chi connectivity index (χ1v) is 5.89. The Balaban J connectivity index is 5.01. The fraction of sp³-hybridized carbons (Fsp3) is 0.786. The van der Waals surface area contributed by atoms with Gasteiger partial charge in [0, 0.05) is 12.1 Å². The standard InChI is InChI=1S/C14H27N/c1-10(2)13(12(4)9-15)11(3)8-14(5,6)7/h9-10,12,15H,8H2,1-7H3/b13-11-,15-9?/t12-/m0/s1. The maximum absolute atomic E-state index is 7.40. The summed E-state index contributed by atoms with van der Waals surface area (Å²) in [6.45, 7) is 15.6. The van der Waals surface area contributed by atoms with Gasteiger partial charge in [-0.1, -0.05) is 52.7 Å². The first-order valence-electron chi connectivity index (χ1n) is 5.89. The molecule has 1 atom stereocenters. The lowest BCUT2D eigenvalue weighted by Crippen LogP contribution is -2.13. The smallest absolute Gasteiger partial charge is 0.0122 e. The highest BCUT2D eigenvalue weighted by Crippen LogP contribution is 2.30. The molecule has 0 aromatic rings. The van der Waals surface area contributed by atoms with Crippen LogP contribution in [0, 0.1) is 22.7 Å². The summed E-state index contributed by atoms with van der Waals surface area (Å²) >= 11 is 0. The minimum Gasteiger partial charge on any atom is -0.312 e. The quantitative estimate of drug-likeness (QED) is 0.513. The highest BCUT2D eigenvalue weighted by atomic mass is 14.4. The van der Waals surface area contributed by atoms with Crippen LogP contribution in [-0.2, 0) is 0 Å². The van der Waals surface area contributed by atoms with Gasteiger partial charge in [-0.3, -0.25) is 0 Å². The summed E-state index contributed by atoms with van der Waals surface area (Å²) < 4.78 is 0. The predicted octanol–water partition coefficient (Wildman–Crippen LogP) is 4.68. The average molecular weight is 209 g/mol. The molecule has 0 fully saturated rings. The summed E-state index contributed by atoms with van der Waals surface area (Å²) in [6.07, 6.45) is 2.68. The maximum Gasteiger partial charge on any atom is 0.0122 e. The summed E-state index contributed by atoms with van der Waals surface area (Å²) in [5.41, 5.74) is 3.25. The minimum atomic E-state index is 0.285. The fourth-order valence-electron chi connectivity index (χ4n) is 2.39. The number of hydrogen-bond acceptors (Lipinski definition) is 1. The lowest BCUT2D eigenvalue weighted by Gasteiger charge is -2.25. The van der Waals surface area contributed by atoms with Crippen LogP contribution in [0.5, 0.6) is 0 Å². The van der Waals surface area contributed by atoms with Gasteiger partial charge in [0.2, 0.25) is 0 Å². The van der Waals surface area contributed by atoms with Gasteiger partial charge >= 0.3 is 0 Å². The molecular weight excluding hydrogens is 182 g/mol. The Hall–Kier alpha value is -0.590. The van der Waals surface area contributed by atoms with E-state index in [1.807, 2.05) is 0 Å². The van der Waals surface area contributed by atoms with Crippen molar-refractivity contribution in [3.8, 4) is 0 Å². The number of nitrogens with one attached hydrogen (secondary N) is 1. The summed E-state index contributed by atoms with van der Waals surface area (Å²) in [7, 11) is 0. The van der Waals surface area contributed by atoms with E-state index in [1.54, 1.807) is 6.21 Å². The van der Waals surface area contributed by atoms with Gasteiger partial charge in [-0.15, -0.1) is 0 Å². The molecule has 0 aliphatic heterocycles. The summed E-state index contributed by atoms with van der Waals surface area (Å²) in [5.74, 6) is 0.830. The highest BCUT2D eigenvalue weighted by Gasteiger charge is 2.18. The van der Waals surface area contributed by atoms with Crippen molar-refractivity contribution in [2.24, 2.45) is 17.3 Å². The van der Waals surface area contributed by atoms with Crippen LogP contribution < -0.4 is 0 Å². The van der Waals surface area contributed by atoms with Crippen molar-refractivity contribution in [1.29, 1.82) is 5.41 Å². The molecule has 0 bridgehead atoms. The van der Waals surface area contributed by atoms with Crippen molar-refractivity contribution in [2.45, 2.75) is 54.9 Å². The normalized spacial score (nSPS) is 16.3. The highest BCUT2D eigenvalue weighted by molar-refractivity contribution is 5.61. The van der Waals surface area contributed by atoms with Crippen LogP contribution in [0.2, 0.25) is 0 Å². The first kappa shape index (κ1) is 14.4. The molecular formula is C14H27N. The van der Waals surface area contributed by atoms with Gasteiger partial charge in [0.05, 0.1) is 0 Å². The van der Waals surface area contributed by atoms with Gasteiger partial charge < -0.3 is 5.41 Å². The van der Waals surface area contributed by atoms with Crippen LogP contribution in [0.1, 0.15) is 54.9 Å². The second kappa shape index (κ2) is 5.48. The Morgan fingerprint density at radius 3 is 1.93 bits per heavy atom. The molecule has 0 radical (unpaired) electrons. The average Bonchev–Trinajstić information content (AvgIpc) is 1.99. The molecule has 0 unspecified atom stereocenters. The Bertz CT molecular complexity index is 241. The van der Waals surface area contributed by atoms with Crippen molar-refractivity contribution in [2.75, 3.05) is 0 Å². The minimum absolute atomic E-state index is 0.285. The summed E-state index contributed by atoms with van der Waals surface area (Å²) in [4.78, 5) is 0. The molecule has 0 aliphatic carbocycles. The second-order valence-corrected chi connectivity index (χ2v) is 6.08. The zero-order valence-corrected chi connectivity index (χ0v) is 11.4. The number of rotatable bonds is 4.